The molecule has 2 fully saturated rings. The van der Waals surface area contributed by atoms with Crippen molar-refractivity contribution in [2.24, 2.45) is 16.7 Å². The van der Waals surface area contributed by atoms with E-state index in [4.69, 9.17) is 13.7 Å². The predicted octanol–water partition coefficient (Wildman–Crippen LogP) is 11.3. The van der Waals surface area contributed by atoms with Crippen molar-refractivity contribution in [1.29, 1.82) is 0 Å². The molecule has 3 aliphatic rings. The molecule has 2 saturated carbocycles. The number of hydrogen-bond acceptors (Lipinski definition) is 4. The van der Waals surface area contributed by atoms with Crippen molar-refractivity contribution in [3.8, 4) is 0 Å². The number of allylic oxidation sites excluding steroid dienone is 4. The molecule has 0 aromatic rings. The van der Waals surface area contributed by atoms with E-state index < -0.39 is 16.6 Å². The lowest BCUT2D eigenvalue weighted by atomic mass is 9.63. The first-order chi connectivity index (χ1) is 21.2. The van der Waals surface area contributed by atoms with E-state index in [1.807, 2.05) is 0 Å². The fourth-order valence-electron chi connectivity index (χ4n) is 7.15. The Bertz CT molecular complexity index is 1260. The van der Waals surface area contributed by atoms with E-state index in [0.717, 1.165) is 44.1 Å². The van der Waals surface area contributed by atoms with Crippen LogP contribution in [0.1, 0.15) is 122 Å². The second-order valence-corrected chi connectivity index (χ2v) is 28.9. The summed E-state index contributed by atoms with van der Waals surface area (Å²) in [5.74, 6) is 0.403. The molecule has 5 nitrogen and oxygen atoms in total. The first-order valence-corrected chi connectivity index (χ1v) is 24.1. The lowest BCUT2D eigenvalue weighted by Gasteiger charge is -2.45. The molecule has 1 amide bonds. The highest BCUT2D eigenvalue weighted by Gasteiger charge is 2.48. The van der Waals surface area contributed by atoms with Crippen molar-refractivity contribution < 1.29 is 18.5 Å². The van der Waals surface area contributed by atoms with Crippen LogP contribution in [0.4, 0.5) is 0 Å². The standard InChI is InChI=1S/C40H71NO4Si2/c1-28-32(25-33(44-46(14,15)38(7,8)9)26-36(28)45-47(16,17)39(10,11)12)21-20-31-19-18-24-40(13)34(22-23-35(31)40)29(2)43-41(30(3)42)27-37(4,5)6/h20-22,29,33,35-36H,1,18-19,23-27H2,2-17H3/t29-,33+,35?,36-,40+/m0/s1. The molecule has 5 atom stereocenters. The molecule has 0 spiro atoms. The summed E-state index contributed by atoms with van der Waals surface area (Å²) >= 11 is 0. The van der Waals surface area contributed by atoms with E-state index >= 15 is 0 Å². The Balaban J connectivity index is 1.90. The van der Waals surface area contributed by atoms with E-state index in [9.17, 15) is 4.79 Å². The summed E-state index contributed by atoms with van der Waals surface area (Å²) in [4.78, 5) is 18.9. The molecule has 0 aromatic heterocycles. The number of rotatable bonds is 9. The van der Waals surface area contributed by atoms with Crippen LogP contribution in [0.5, 0.6) is 0 Å². The molecule has 0 aliphatic heterocycles. The second kappa shape index (κ2) is 14.2. The van der Waals surface area contributed by atoms with Gasteiger partial charge < -0.3 is 8.85 Å². The molecule has 1 unspecified atom stereocenters. The van der Waals surface area contributed by atoms with Crippen LogP contribution >= 0.6 is 0 Å². The zero-order valence-electron chi connectivity index (χ0n) is 33.3. The highest BCUT2D eigenvalue weighted by Crippen LogP contribution is 2.56. The van der Waals surface area contributed by atoms with E-state index in [0.29, 0.717) is 12.5 Å². The summed E-state index contributed by atoms with van der Waals surface area (Å²) < 4.78 is 14.1. The normalized spacial score (nSPS) is 28.8. The van der Waals surface area contributed by atoms with Crippen LogP contribution in [0.2, 0.25) is 36.3 Å². The highest BCUT2D eigenvalue weighted by molar-refractivity contribution is 6.74. The molecule has 47 heavy (non-hydrogen) atoms. The van der Waals surface area contributed by atoms with Gasteiger partial charge in [0.15, 0.2) is 16.6 Å². The van der Waals surface area contributed by atoms with Crippen LogP contribution in [0, 0.1) is 16.7 Å². The fraction of sp³-hybridized carbons (Fsp3) is 0.775. The molecular formula is C40H71NO4Si2. The zero-order valence-corrected chi connectivity index (χ0v) is 35.3. The van der Waals surface area contributed by atoms with Crippen LogP contribution in [-0.4, -0.2) is 52.5 Å². The van der Waals surface area contributed by atoms with E-state index in [2.05, 4.69) is 127 Å². The van der Waals surface area contributed by atoms with E-state index in [1.165, 1.54) is 16.7 Å². The van der Waals surface area contributed by atoms with E-state index in [1.54, 1.807) is 12.0 Å². The minimum atomic E-state index is -2.01. The number of hydroxylamine groups is 2. The van der Waals surface area contributed by atoms with Crippen LogP contribution < -0.4 is 0 Å². The van der Waals surface area contributed by atoms with Gasteiger partial charge in [-0.15, -0.1) is 0 Å². The van der Waals surface area contributed by atoms with Gasteiger partial charge in [-0.2, -0.15) is 0 Å². The molecule has 0 saturated heterocycles. The molecule has 0 N–H and O–H groups in total. The Labute approximate surface area is 291 Å². The number of hydrogen-bond donors (Lipinski definition) is 0. The average Bonchev–Trinajstić information content (AvgIpc) is 3.24. The molecule has 3 rings (SSSR count). The van der Waals surface area contributed by atoms with Crippen molar-refractivity contribution in [1.82, 2.24) is 5.06 Å². The number of carbonyl (C=O) groups excluding carboxylic acids is 1. The summed E-state index contributed by atoms with van der Waals surface area (Å²) in [6.45, 7) is 41.1. The summed E-state index contributed by atoms with van der Waals surface area (Å²) in [5, 5.41) is 1.85. The number of amides is 1. The third-order valence-corrected chi connectivity index (χ3v) is 21.1. The molecule has 0 heterocycles. The Morgan fingerprint density at radius 3 is 2.13 bits per heavy atom. The quantitative estimate of drug-likeness (QED) is 0.138. The second-order valence-electron chi connectivity index (χ2n) is 19.3. The van der Waals surface area contributed by atoms with Crippen LogP contribution in [0.25, 0.3) is 0 Å². The van der Waals surface area contributed by atoms with Gasteiger partial charge in [-0.25, -0.2) is 5.06 Å². The molecule has 3 aliphatic carbocycles. The van der Waals surface area contributed by atoms with Crippen molar-refractivity contribution >= 4 is 22.5 Å². The summed E-state index contributed by atoms with van der Waals surface area (Å²) in [7, 11) is -3.98. The first kappa shape index (κ1) is 40.2. The monoisotopic (exact) mass is 685 g/mol. The van der Waals surface area contributed by atoms with Crippen molar-refractivity contribution in [2.45, 2.75) is 176 Å². The molecular weight excluding hydrogens is 615 g/mol. The maximum Gasteiger partial charge on any atom is 0.243 e. The predicted molar refractivity (Wildman–Crippen MR) is 204 cm³/mol. The minimum absolute atomic E-state index is 0.0178. The maximum absolute atomic E-state index is 12.5. The fourth-order valence-corrected chi connectivity index (χ4v) is 9.82. The van der Waals surface area contributed by atoms with Gasteiger partial charge >= 0.3 is 0 Å². The average molecular weight is 686 g/mol. The maximum atomic E-state index is 12.5. The first-order valence-electron chi connectivity index (χ1n) is 18.3. The largest absolute Gasteiger partial charge is 0.413 e. The lowest BCUT2D eigenvalue weighted by molar-refractivity contribution is -0.204. The SMILES string of the molecule is C=C1C(=CC=C2CCC[C@]3(C)C([C@H](C)ON(CC(C)(C)C)C(C)=O)=CCC23)C[C@@H](O[Si](C)(C)C(C)(C)C)C[C@@H]1O[Si](C)(C)C(C)(C)C. The smallest absolute Gasteiger partial charge is 0.243 e. The van der Waals surface area contributed by atoms with Gasteiger partial charge in [0.05, 0.1) is 18.8 Å². The summed E-state index contributed by atoms with van der Waals surface area (Å²) in [5.41, 5.74) is 5.26. The third-order valence-electron chi connectivity index (χ3n) is 12.0. The summed E-state index contributed by atoms with van der Waals surface area (Å²) in [6, 6.07) is 0. The van der Waals surface area contributed by atoms with Crippen molar-refractivity contribution in [3.63, 3.8) is 0 Å². The van der Waals surface area contributed by atoms with Gasteiger partial charge in [0.2, 0.25) is 5.91 Å². The van der Waals surface area contributed by atoms with Gasteiger partial charge in [-0.05, 0) is 109 Å². The van der Waals surface area contributed by atoms with Crippen LogP contribution in [0.15, 0.2) is 47.1 Å². The Hall–Kier alpha value is -1.26. The number of nitrogens with zero attached hydrogens (tertiary/aromatic N) is 1. The number of carbonyl (C=O) groups is 1. The zero-order chi connectivity index (χ0) is 36.0. The van der Waals surface area contributed by atoms with Crippen molar-refractivity contribution in [2.75, 3.05) is 6.54 Å². The molecule has 268 valence electrons. The minimum Gasteiger partial charge on any atom is -0.413 e. The van der Waals surface area contributed by atoms with Gasteiger partial charge in [-0.1, -0.05) is 99.6 Å². The van der Waals surface area contributed by atoms with Crippen LogP contribution in [-0.2, 0) is 18.5 Å². The molecule has 7 heteroatoms. The third kappa shape index (κ3) is 9.50. The molecule has 0 aromatic carbocycles. The van der Waals surface area contributed by atoms with Gasteiger partial charge in [0.25, 0.3) is 0 Å². The summed E-state index contributed by atoms with van der Waals surface area (Å²) in [6.07, 6.45) is 13.4. The Morgan fingerprint density at radius 2 is 1.60 bits per heavy atom. The van der Waals surface area contributed by atoms with Gasteiger partial charge in [0, 0.05) is 13.3 Å². The lowest BCUT2D eigenvalue weighted by Crippen LogP contribution is -2.49. The molecule has 0 bridgehead atoms. The Kier molecular flexibility index (Phi) is 12.1. The van der Waals surface area contributed by atoms with Crippen molar-refractivity contribution in [3.05, 3.63) is 47.1 Å². The van der Waals surface area contributed by atoms with Gasteiger partial charge in [-0.3, -0.25) is 9.63 Å². The van der Waals surface area contributed by atoms with Crippen LogP contribution in [0.3, 0.4) is 0 Å². The highest BCUT2D eigenvalue weighted by atomic mass is 28.4. The van der Waals surface area contributed by atoms with E-state index in [-0.39, 0.29) is 45.1 Å². The van der Waals surface area contributed by atoms with Gasteiger partial charge in [0.1, 0.15) is 6.10 Å². The molecule has 0 radical (unpaired) electrons. The topological polar surface area (TPSA) is 48.0 Å². The Morgan fingerprint density at radius 1 is 1.02 bits per heavy atom. The number of fused-ring (bicyclic) bond motifs is 1.